The Labute approximate surface area is 97.2 Å². The van der Waals surface area contributed by atoms with Crippen LogP contribution < -0.4 is 0 Å². The van der Waals surface area contributed by atoms with Crippen molar-refractivity contribution >= 4 is 0 Å². The van der Waals surface area contributed by atoms with Gasteiger partial charge in [-0.25, -0.2) is 0 Å². The second-order valence-corrected chi connectivity index (χ2v) is 4.81. The van der Waals surface area contributed by atoms with E-state index in [0.717, 1.165) is 5.92 Å². The zero-order valence-corrected chi connectivity index (χ0v) is 11.1. The minimum atomic E-state index is 0.949. The standard InChI is InChI=1S/C15H30/c1-5-8-9-11-15(7-3)13-12-14(4)10-6-2/h15H,4-13H2,1-3H3. The van der Waals surface area contributed by atoms with Gasteiger partial charge in [-0.05, 0) is 25.2 Å². The number of rotatable bonds is 10. The smallest absolute Gasteiger partial charge is 0.0320 e. The van der Waals surface area contributed by atoms with Gasteiger partial charge >= 0.3 is 0 Å². The second-order valence-electron chi connectivity index (χ2n) is 4.81. The molecule has 0 saturated carbocycles. The van der Waals surface area contributed by atoms with Gasteiger partial charge in [-0.1, -0.05) is 71.4 Å². The Bertz CT molecular complexity index is 146. The van der Waals surface area contributed by atoms with Crippen molar-refractivity contribution in [2.45, 2.75) is 78.6 Å². The van der Waals surface area contributed by atoms with Crippen LogP contribution in [0, 0.1) is 5.92 Å². The second kappa shape index (κ2) is 10.3. The molecule has 0 aliphatic heterocycles. The van der Waals surface area contributed by atoms with Crippen molar-refractivity contribution in [2.75, 3.05) is 0 Å². The van der Waals surface area contributed by atoms with Crippen molar-refractivity contribution in [3.8, 4) is 0 Å². The van der Waals surface area contributed by atoms with Gasteiger partial charge in [-0.2, -0.15) is 0 Å². The van der Waals surface area contributed by atoms with Crippen molar-refractivity contribution in [3.05, 3.63) is 12.2 Å². The highest BCUT2D eigenvalue weighted by molar-refractivity contribution is 4.93. The van der Waals surface area contributed by atoms with E-state index < -0.39 is 0 Å². The van der Waals surface area contributed by atoms with Gasteiger partial charge in [0.05, 0.1) is 0 Å². The average Bonchev–Trinajstić information content (AvgIpc) is 2.23. The average molecular weight is 210 g/mol. The molecule has 90 valence electrons. The number of hydrogen-bond acceptors (Lipinski definition) is 0. The first-order valence-corrected chi connectivity index (χ1v) is 6.91. The Hall–Kier alpha value is -0.260. The van der Waals surface area contributed by atoms with E-state index in [9.17, 15) is 0 Å². The van der Waals surface area contributed by atoms with Crippen LogP contribution in [0.3, 0.4) is 0 Å². The normalized spacial score (nSPS) is 12.7. The number of allylic oxidation sites excluding steroid dienone is 1. The third kappa shape index (κ3) is 8.72. The SMILES string of the molecule is C=C(CCC)CCC(CC)CCCCC. The van der Waals surface area contributed by atoms with Crippen LogP contribution >= 0.6 is 0 Å². The van der Waals surface area contributed by atoms with E-state index in [0.29, 0.717) is 0 Å². The maximum absolute atomic E-state index is 4.15. The van der Waals surface area contributed by atoms with Crippen LogP contribution in [-0.4, -0.2) is 0 Å². The molecule has 0 aromatic rings. The van der Waals surface area contributed by atoms with Gasteiger partial charge < -0.3 is 0 Å². The van der Waals surface area contributed by atoms with Crippen molar-refractivity contribution in [2.24, 2.45) is 5.92 Å². The van der Waals surface area contributed by atoms with Crippen LogP contribution in [0.15, 0.2) is 12.2 Å². The zero-order valence-electron chi connectivity index (χ0n) is 11.1. The third-order valence-corrected chi connectivity index (χ3v) is 3.30. The molecule has 0 radical (unpaired) electrons. The molecule has 0 amide bonds. The van der Waals surface area contributed by atoms with Gasteiger partial charge in [0.2, 0.25) is 0 Å². The minimum Gasteiger partial charge on any atom is -0.0999 e. The summed E-state index contributed by atoms with van der Waals surface area (Å²) in [4.78, 5) is 0. The lowest BCUT2D eigenvalue weighted by molar-refractivity contribution is 0.414. The van der Waals surface area contributed by atoms with Gasteiger partial charge in [-0.3, -0.25) is 0 Å². The van der Waals surface area contributed by atoms with Gasteiger partial charge in [0, 0.05) is 0 Å². The fourth-order valence-electron chi connectivity index (χ4n) is 2.12. The van der Waals surface area contributed by atoms with Crippen LogP contribution in [-0.2, 0) is 0 Å². The summed E-state index contributed by atoms with van der Waals surface area (Å²) in [5, 5.41) is 0. The lowest BCUT2D eigenvalue weighted by atomic mass is 9.91. The summed E-state index contributed by atoms with van der Waals surface area (Å²) in [7, 11) is 0. The van der Waals surface area contributed by atoms with Crippen molar-refractivity contribution < 1.29 is 0 Å². The molecule has 0 aromatic carbocycles. The zero-order chi connectivity index (χ0) is 11.5. The van der Waals surface area contributed by atoms with E-state index in [1.54, 1.807) is 0 Å². The first-order valence-electron chi connectivity index (χ1n) is 6.91. The summed E-state index contributed by atoms with van der Waals surface area (Å²) < 4.78 is 0. The molecule has 0 nitrogen and oxygen atoms in total. The molecule has 0 N–H and O–H groups in total. The summed E-state index contributed by atoms with van der Waals surface area (Å²) in [6.45, 7) is 11.0. The molecule has 0 aromatic heterocycles. The van der Waals surface area contributed by atoms with Gasteiger partial charge in [0.1, 0.15) is 0 Å². The van der Waals surface area contributed by atoms with Crippen LogP contribution in [0.2, 0.25) is 0 Å². The van der Waals surface area contributed by atoms with E-state index in [-0.39, 0.29) is 0 Å². The summed E-state index contributed by atoms with van der Waals surface area (Å²) in [5.41, 5.74) is 1.46. The molecule has 0 bridgehead atoms. The molecule has 0 saturated heterocycles. The Kier molecular flexibility index (Phi) is 10.1. The van der Waals surface area contributed by atoms with Crippen LogP contribution in [0.5, 0.6) is 0 Å². The Morgan fingerprint density at radius 1 is 0.933 bits per heavy atom. The maximum Gasteiger partial charge on any atom is -0.0320 e. The first-order chi connectivity index (χ1) is 7.24. The van der Waals surface area contributed by atoms with Crippen LogP contribution in [0.1, 0.15) is 78.6 Å². The van der Waals surface area contributed by atoms with Crippen LogP contribution in [0.25, 0.3) is 0 Å². The minimum absolute atomic E-state index is 0.949. The summed E-state index contributed by atoms with van der Waals surface area (Å²) in [5.74, 6) is 0.949. The Morgan fingerprint density at radius 3 is 2.20 bits per heavy atom. The van der Waals surface area contributed by atoms with Crippen molar-refractivity contribution in [1.29, 1.82) is 0 Å². The molecule has 0 fully saturated rings. The third-order valence-electron chi connectivity index (χ3n) is 3.30. The fraction of sp³-hybridized carbons (Fsp3) is 0.867. The molecule has 0 aliphatic rings. The lowest BCUT2D eigenvalue weighted by Gasteiger charge is -2.15. The topological polar surface area (TPSA) is 0 Å². The molecule has 1 atom stereocenters. The first kappa shape index (κ1) is 14.7. The largest absolute Gasteiger partial charge is 0.0999 e. The molecular weight excluding hydrogens is 180 g/mol. The predicted molar refractivity (Wildman–Crippen MR) is 71.2 cm³/mol. The molecule has 0 spiro atoms. The van der Waals surface area contributed by atoms with E-state index in [1.165, 1.54) is 63.4 Å². The summed E-state index contributed by atoms with van der Waals surface area (Å²) in [6, 6.07) is 0. The number of unbranched alkanes of at least 4 members (excludes halogenated alkanes) is 2. The Balaban J connectivity index is 3.55. The molecule has 0 aliphatic carbocycles. The van der Waals surface area contributed by atoms with Crippen molar-refractivity contribution in [1.82, 2.24) is 0 Å². The molecule has 0 rings (SSSR count). The predicted octanol–water partition coefficient (Wildman–Crippen LogP) is 5.73. The molecule has 0 heteroatoms. The fourth-order valence-corrected chi connectivity index (χ4v) is 2.12. The molecule has 0 heterocycles. The highest BCUT2D eigenvalue weighted by Gasteiger charge is 2.06. The Morgan fingerprint density at radius 2 is 1.67 bits per heavy atom. The van der Waals surface area contributed by atoms with Crippen LogP contribution in [0.4, 0.5) is 0 Å². The van der Waals surface area contributed by atoms with Gasteiger partial charge in [0.25, 0.3) is 0 Å². The summed E-state index contributed by atoms with van der Waals surface area (Å²) in [6.07, 6.45) is 12.1. The van der Waals surface area contributed by atoms with Crippen molar-refractivity contribution in [3.63, 3.8) is 0 Å². The lowest BCUT2D eigenvalue weighted by Crippen LogP contribution is -1.99. The molecular formula is C15H30. The summed E-state index contributed by atoms with van der Waals surface area (Å²) >= 11 is 0. The quantitative estimate of drug-likeness (QED) is 0.319. The number of hydrogen-bond donors (Lipinski definition) is 0. The molecule has 15 heavy (non-hydrogen) atoms. The highest BCUT2D eigenvalue weighted by Crippen LogP contribution is 2.22. The van der Waals surface area contributed by atoms with E-state index in [1.807, 2.05) is 0 Å². The van der Waals surface area contributed by atoms with E-state index >= 15 is 0 Å². The van der Waals surface area contributed by atoms with Gasteiger partial charge in [-0.15, -0.1) is 0 Å². The maximum atomic E-state index is 4.15. The van der Waals surface area contributed by atoms with Gasteiger partial charge in [0.15, 0.2) is 0 Å². The monoisotopic (exact) mass is 210 g/mol. The van der Waals surface area contributed by atoms with E-state index in [2.05, 4.69) is 27.4 Å². The highest BCUT2D eigenvalue weighted by atomic mass is 14.1. The van der Waals surface area contributed by atoms with E-state index in [4.69, 9.17) is 0 Å². The molecule has 1 unspecified atom stereocenters.